The number of amides is 1. The molecule has 2 aliphatic rings. The van der Waals surface area contributed by atoms with Crippen LogP contribution in [0.5, 0.6) is 11.5 Å². The predicted octanol–water partition coefficient (Wildman–Crippen LogP) is 2.16. The summed E-state index contributed by atoms with van der Waals surface area (Å²) in [5, 5.41) is 0.400. The quantitative estimate of drug-likeness (QED) is 0.899. The highest BCUT2D eigenvalue weighted by molar-refractivity contribution is 5.88. The van der Waals surface area contributed by atoms with Crippen LogP contribution in [-0.4, -0.2) is 29.8 Å². The van der Waals surface area contributed by atoms with Crippen molar-refractivity contribution < 1.29 is 14.3 Å². The third-order valence-corrected chi connectivity index (χ3v) is 5.04. The van der Waals surface area contributed by atoms with Crippen LogP contribution in [0.1, 0.15) is 43.8 Å². The fourth-order valence-electron chi connectivity index (χ4n) is 3.13. The zero-order chi connectivity index (χ0) is 17.6. The zero-order valence-corrected chi connectivity index (χ0v) is 14.4. The van der Waals surface area contributed by atoms with Crippen molar-refractivity contribution in [2.45, 2.75) is 38.0 Å². The summed E-state index contributed by atoms with van der Waals surface area (Å²) in [6, 6.07) is 3.33. The number of ether oxygens (including phenoxy) is 2. The van der Waals surface area contributed by atoms with Crippen LogP contribution in [0.4, 0.5) is 0 Å². The van der Waals surface area contributed by atoms with E-state index in [-0.39, 0.29) is 23.3 Å². The molecular formula is C18H21N3O4. The summed E-state index contributed by atoms with van der Waals surface area (Å²) >= 11 is 0. The molecule has 1 aromatic carbocycles. The Balaban J connectivity index is 1.89. The van der Waals surface area contributed by atoms with Gasteiger partial charge in [0, 0.05) is 17.9 Å². The Bertz CT molecular complexity index is 897. The first-order valence-electron chi connectivity index (χ1n) is 8.62. The fourth-order valence-corrected chi connectivity index (χ4v) is 3.13. The average Bonchev–Trinajstić information content (AvgIpc) is 3.40. The van der Waals surface area contributed by atoms with Crippen molar-refractivity contribution in [3.05, 3.63) is 28.3 Å². The van der Waals surface area contributed by atoms with Gasteiger partial charge in [0.1, 0.15) is 5.82 Å². The molecule has 0 bridgehead atoms. The summed E-state index contributed by atoms with van der Waals surface area (Å²) in [5.74, 6) is 1.73. The van der Waals surface area contributed by atoms with Gasteiger partial charge in [-0.25, -0.2) is 9.66 Å². The molecule has 132 valence electrons. The van der Waals surface area contributed by atoms with Crippen molar-refractivity contribution in [2.24, 2.45) is 5.92 Å². The van der Waals surface area contributed by atoms with Crippen LogP contribution in [-0.2, 0) is 4.79 Å². The SMILES string of the molecule is COc1cc2nc(C3CCC3)n(NC(=O)C3CC3)c(=O)c2cc1OC. The molecule has 4 rings (SSSR count). The molecule has 0 atom stereocenters. The molecule has 7 heteroatoms. The van der Waals surface area contributed by atoms with Gasteiger partial charge in [0.2, 0.25) is 5.91 Å². The molecule has 7 nitrogen and oxygen atoms in total. The summed E-state index contributed by atoms with van der Waals surface area (Å²) in [5.41, 5.74) is 3.06. The third kappa shape index (κ3) is 2.73. The molecule has 0 saturated heterocycles. The third-order valence-electron chi connectivity index (χ3n) is 5.04. The molecule has 2 saturated carbocycles. The van der Waals surface area contributed by atoms with Gasteiger partial charge >= 0.3 is 0 Å². The van der Waals surface area contributed by atoms with E-state index in [9.17, 15) is 9.59 Å². The normalized spacial score (nSPS) is 17.2. The monoisotopic (exact) mass is 343 g/mol. The number of nitrogens with one attached hydrogen (secondary N) is 1. The highest BCUT2D eigenvalue weighted by atomic mass is 16.5. The van der Waals surface area contributed by atoms with Gasteiger partial charge in [0.15, 0.2) is 11.5 Å². The Labute approximate surface area is 144 Å². The summed E-state index contributed by atoms with van der Waals surface area (Å²) in [4.78, 5) is 30.0. The van der Waals surface area contributed by atoms with E-state index >= 15 is 0 Å². The molecular weight excluding hydrogens is 322 g/mol. The van der Waals surface area contributed by atoms with Gasteiger partial charge in [-0.05, 0) is 31.7 Å². The summed E-state index contributed by atoms with van der Waals surface area (Å²) < 4.78 is 12.0. The number of nitrogens with zero attached hydrogens (tertiary/aromatic N) is 2. The molecule has 2 fully saturated rings. The lowest BCUT2D eigenvalue weighted by Gasteiger charge is -2.27. The van der Waals surface area contributed by atoms with Gasteiger partial charge in [-0.15, -0.1) is 0 Å². The maximum absolute atomic E-state index is 13.1. The number of benzene rings is 1. The van der Waals surface area contributed by atoms with Crippen LogP contribution in [0, 0.1) is 5.92 Å². The number of aromatic nitrogens is 2. The largest absolute Gasteiger partial charge is 0.493 e. The zero-order valence-electron chi connectivity index (χ0n) is 14.4. The number of methoxy groups -OCH3 is 2. The minimum absolute atomic E-state index is 0.0160. The molecule has 1 amide bonds. The van der Waals surface area contributed by atoms with Gasteiger partial charge in [-0.2, -0.15) is 0 Å². The van der Waals surface area contributed by atoms with Gasteiger partial charge in [-0.1, -0.05) is 6.42 Å². The minimum atomic E-state index is -0.276. The topological polar surface area (TPSA) is 82.5 Å². The standard InChI is InChI=1S/C18H21N3O4/c1-24-14-8-12-13(9-15(14)25-2)19-16(10-4-3-5-10)21(18(12)23)20-17(22)11-6-7-11/h8-11H,3-7H2,1-2H3,(H,20,22). The van der Waals surface area contributed by atoms with E-state index in [4.69, 9.17) is 9.47 Å². The van der Waals surface area contributed by atoms with Crippen LogP contribution in [0.3, 0.4) is 0 Å². The van der Waals surface area contributed by atoms with E-state index in [1.807, 2.05) is 0 Å². The second-order valence-electron chi connectivity index (χ2n) is 6.71. The first kappa shape index (κ1) is 15.9. The number of carbonyl (C=O) groups is 1. The van der Waals surface area contributed by atoms with Crippen molar-refractivity contribution in [1.29, 1.82) is 0 Å². The molecule has 25 heavy (non-hydrogen) atoms. The second kappa shape index (κ2) is 6.06. The highest BCUT2D eigenvalue weighted by Crippen LogP contribution is 2.37. The molecule has 1 N–H and O–H groups in total. The molecule has 0 aliphatic heterocycles. The van der Waals surface area contributed by atoms with Gasteiger partial charge < -0.3 is 9.47 Å². The smallest absolute Gasteiger partial charge is 0.280 e. The summed E-state index contributed by atoms with van der Waals surface area (Å²) in [6.45, 7) is 0. The summed E-state index contributed by atoms with van der Waals surface area (Å²) in [7, 11) is 3.07. The molecule has 1 heterocycles. The number of hydrogen-bond acceptors (Lipinski definition) is 5. The molecule has 1 aromatic heterocycles. The van der Waals surface area contributed by atoms with Crippen molar-refractivity contribution in [3.8, 4) is 11.5 Å². The van der Waals surface area contributed by atoms with Crippen LogP contribution in [0.15, 0.2) is 16.9 Å². The van der Waals surface area contributed by atoms with Crippen molar-refractivity contribution in [2.75, 3.05) is 19.6 Å². The summed E-state index contributed by atoms with van der Waals surface area (Å²) in [6.07, 6.45) is 4.83. The van der Waals surface area contributed by atoms with Crippen molar-refractivity contribution in [1.82, 2.24) is 9.66 Å². The van der Waals surface area contributed by atoms with E-state index in [1.165, 1.54) is 11.8 Å². The molecule has 2 aromatic rings. The van der Waals surface area contributed by atoms with E-state index < -0.39 is 0 Å². The maximum Gasteiger partial charge on any atom is 0.280 e. The van der Waals surface area contributed by atoms with E-state index in [0.29, 0.717) is 28.2 Å². The molecule has 0 radical (unpaired) electrons. The Morgan fingerprint density at radius 2 is 1.84 bits per heavy atom. The van der Waals surface area contributed by atoms with E-state index in [0.717, 1.165) is 32.1 Å². The lowest BCUT2D eigenvalue weighted by Crippen LogP contribution is -2.38. The lowest BCUT2D eigenvalue weighted by atomic mass is 9.84. The maximum atomic E-state index is 13.1. The predicted molar refractivity (Wildman–Crippen MR) is 92.8 cm³/mol. The first-order valence-corrected chi connectivity index (χ1v) is 8.62. The first-order chi connectivity index (χ1) is 12.1. The van der Waals surface area contributed by atoms with Crippen LogP contribution in [0.2, 0.25) is 0 Å². The van der Waals surface area contributed by atoms with E-state index in [2.05, 4.69) is 10.4 Å². The Morgan fingerprint density at radius 3 is 2.40 bits per heavy atom. The van der Waals surface area contributed by atoms with E-state index in [1.54, 1.807) is 19.2 Å². The van der Waals surface area contributed by atoms with Crippen LogP contribution in [0.25, 0.3) is 10.9 Å². The number of fused-ring (bicyclic) bond motifs is 1. The second-order valence-corrected chi connectivity index (χ2v) is 6.71. The van der Waals surface area contributed by atoms with Gasteiger partial charge in [-0.3, -0.25) is 15.0 Å². The molecule has 0 spiro atoms. The molecule has 2 aliphatic carbocycles. The highest BCUT2D eigenvalue weighted by Gasteiger charge is 2.32. The number of hydrogen-bond donors (Lipinski definition) is 1. The minimum Gasteiger partial charge on any atom is -0.493 e. The van der Waals surface area contributed by atoms with Gasteiger partial charge in [0.25, 0.3) is 5.56 Å². The van der Waals surface area contributed by atoms with Crippen LogP contribution >= 0.6 is 0 Å². The Hall–Kier alpha value is -2.57. The van der Waals surface area contributed by atoms with Crippen molar-refractivity contribution >= 4 is 16.8 Å². The lowest BCUT2D eigenvalue weighted by molar-refractivity contribution is -0.118. The van der Waals surface area contributed by atoms with Crippen LogP contribution < -0.4 is 20.5 Å². The number of rotatable bonds is 5. The van der Waals surface area contributed by atoms with Gasteiger partial charge in [0.05, 0.1) is 25.1 Å². The van der Waals surface area contributed by atoms with Crippen molar-refractivity contribution in [3.63, 3.8) is 0 Å². The number of carbonyl (C=O) groups excluding carboxylic acids is 1. The fraction of sp³-hybridized carbons (Fsp3) is 0.500. The average molecular weight is 343 g/mol. The molecule has 0 unspecified atom stereocenters. The Kier molecular flexibility index (Phi) is 3.86. The Morgan fingerprint density at radius 1 is 1.16 bits per heavy atom.